The van der Waals surface area contributed by atoms with E-state index in [0.29, 0.717) is 22.9 Å². The van der Waals surface area contributed by atoms with Gasteiger partial charge in [0.1, 0.15) is 0 Å². The number of carbonyl (C=O) groups is 1. The number of ketones is 1. The van der Waals surface area contributed by atoms with Crippen LogP contribution in [0.5, 0.6) is 11.5 Å². The third kappa shape index (κ3) is 3.68. The molecule has 7 heteroatoms. The first kappa shape index (κ1) is 21.6. The van der Waals surface area contributed by atoms with Crippen molar-refractivity contribution >= 4 is 23.2 Å². The van der Waals surface area contributed by atoms with Crippen LogP contribution < -0.4 is 14.8 Å². The molecule has 1 atom stereocenters. The van der Waals surface area contributed by atoms with Gasteiger partial charge in [-0.25, -0.2) is 0 Å². The van der Waals surface area contributed by atoms with Gasteiger partial charge in [-0.15, -0.1) is 0 Å². The molecule has 1 aromatic heterocycles. The predicted molar refractivity (Wildman–Crippen MR) is 129 cm³/mol. The number of hydrogen-bond acceptors (Lipinski definition) is 5. The summed E-state index contributed by atoms with van der Waals surface area (Å²) in [6, 6.07) is 13.5. The summed E-state index contributed by atoms with van der Waals surface area (Å²) in [4.78, 5) is 13.5. The van der Waals surface area contributed by atoms with Gasteiger partial charge >= 0.3 is 0 Å². The Hall–Kier alpha value is -3.25. The number of hydrogen-bond donors (Lipinski definition) is 2. The van der Waals surface area contributed by atoms with E-state index >= 15 is 0 Å². The fraction of sp³-hybridized carbons (Fsp3) is 0.308. The Kier molecular flexibility index (Phi) is 5.20. The zero-order chi connectivity index (χ0) is 23.3. The molecule has 2 heterocycles. The van der Waals surface area contributed by atoms with Crippen LogP contribution in [0.3, 0.4) is 0 Å². The van der Waals surface area contributed by atoms with Crippen molar-refractivity contribution in [3.63, 3.8) is 0 Å². The SMILES string of the molecule is COc1ccc([C@H]2C3=C(CC(C)(C)CC3=O)Nc3n[nH]c(-c4ccc(Cl)cc4)c32)cc1OC. The van der Waals surface area contributed by atoms with Gasteiger partial charge in [-0.05, 0) is 41.7 Å². The highest BCUT2D eigenvalue weighted by atomic mass is 35.5. The van der Waals surface area contributed by atoms with Crippen LogP contribution in [0.25, 0.3) is 11.3 Å². The average molecular weight is 464 g/mol. The minimum Gasteiger partial charge on any atom is -0.493 e. The van der Waals surface area contributed by atoms with Crippen LogP contribution in [-0.2, 0) is 4.79 Å². The molecule has 0 saturated heterocycles. The normalized spacial score (nSPS) is 18.9. The molecule has 0 spiro atoms. The number of aromatic amines is 1. The first-order valence-corrected chi connectivity index (χ1v) is 11.3. The summed E-state index contributed by atoms with van der Waals surface area (Å²) in [5, 5.41) is 11.9. The molecule has 33 heavy (non-hydrogen) atoms. The van der Waals surface area contributed by atoms with E-state index in [1.165, 1.54) is 0 Å². The first-order valence-electron chi connectivity index (χ1n) is 10.9. The van der Waals surface area contributed by atoms with E-state index in [0.717, 1.165) is 45.9 Å². The topological polar surface area (TPSA) is 76.2 Å². The van der Waals surface area contributed by atoms with Crippen molar-refractivity contribution in [1.82, 2.24) is 10.2 Å². The molecule has 6 nitrogen and oxygen atoms in total. The Labute approximate surface area is 197 Å². The molecule has 0 saturated carbocycles. The molecule has 1 aliphatic carbocycles. The van der Waals surface area contributed by atoms with Gasteiger partial charge in [0.2, 0.25) is 0 Å². The summed E-state index contributed by atoms with van der Waals surface area (Å²) in [5.74, 6) is 1.87. The number of methoxy groups -OCH3 is 2. The number of fused-ring (bicyclic) bond motifs is 1. The van der Waals surface area contributed by atoms with E-state index in [9.17, 15) is 4.79 Å². The summed E-state index contributed by atoms with van der Waals surface area (Å²) < 4.78 is 11.0. The zero-order valence-corrected chi connectivity index (χ0v) is 19.8. The van der Waals surface area contributed by atoms with Crippen molar-refractivity contribution in [2.24, 2.45) is 5.41 Å². The average Bonchev–Trinajstić information content (AvgIpc) is 3.20. The number of aromatic nitrogens is 2. The quantitative estimate of drug-likeness (QED) is 0.500. The number of Topliss-reactive ketones (excluding diaryl/α,β-unsaturated/α-hetero) is 1. The summed E-state index contributed by atoms with van der Waals surface area (Å²) in [7, 11) is 3.23. The zero-order valence-electron chi connectivity index (χ0n) is 19.1. The Morgan fingerprint density at radius 1 is 1.03 bits per heavy atom. The minimum atomic E-state index is -0.288. The lowest BCUT2D eigenvalue weighted by molar-refractivity contribution is -0.118. The summed E-state index contributed by atoms with van der Waals surface area (Å²) in [6.07, 6.45) is 1.28. The molecule has 0 radical (unpaired) electrons. The minimum absolute atomic E-state index is 0.113. The summed E-state index contributed by atoms with van der Waals surface area (Å²) in [5.41, 5.74) is 5.33. The maximum absolute atomic E-state index is 13.5. The lowest BCUT2D eigenvalue weighted by atomic mass is 9.69. The third-order valence-corrected chi connectivity index (χ3v) is 6.70. The summed E-state index contributed by atoms with van der Waals surface area (Å²) in [6.45, 7) is 4.25. The van der Waals surface area contributed by atoms with Gasteiger partial charge in [0, 0.05) is 39.8 Å². The van der Waals surface area contributed by atoms with Crippen LogP contribution >= 0.6 is 11.6 Å². The largest absolute Gasteiger partial charge is 0.493 e. The number of ether oxygens (including phenoxy) is 2. The first-order chi connectivity index (χ1) is 15.8. The van der Waals surface area contributed by atoms with Crippen molar-refractivity contribution in [1.29, 1.82) is 0 Å². The molecule has 0 fully saturated rings. The lowest BCUT2D eigenvalue weighted by Crippen LogP contribution is -2.33. The molecule has 2 aromatic carbocycles. The van der Waals surface area contributed by atoms with E-state index in [2.05, 4.69) is 29.4 Å². The number of nitrogens with zero attached hydrogens (tertiary/aromatic N) is 1. The number of benzene rings is 2. The van der Waals surface area contributed by atoms with E-state index in [1.54, 1.807) is 14.2 Å². The van der Waals surface area contributed by atoms with Crippen molar-refractivity contribution < 1.29 is 14.3 Å². The fourth-order valence-corrected chi connectivity index (χ4v) is 5.12. The predicted octanol–water partition coefficient (Wildman–Crippen LogP) is 5.95. The van der Waals surface area contributed by atoms with E-state index < -0.39 is 0 Å². The maximum atomic E-state index is 13.5. The molecule has 5 rings (SSSR count). The van der Waals surface area contributed by atoms with Gasteiger partial charge < -0.3 is 14.8 Å². The number of halogens is 1. The highest BCUT2D eigenvalue weighted by molar-refractivity contribution is 6.30. The van der Waals surface area contributed by atoms with Crippen molar-refractivity contribution in [2.45, 2.75) is 32.6 Å². The van der Waals surface area contributed by atoms with Gasteiger partial charge in [-0.1, -0.05) is 43.6 Å². The van der Waals surface area contributed by atoms with E-state index in [-0.39, 0.29) is 17.1 Å². The monoisotopic (exact) mass is 463 g/mol. The van der Waals surface area contributed by atoms with Crippen LogP contribution in [0, 0.1) is 5.41 Å². The number of rotatable bonds is 4. The van der Waals surface area contributed by atoms with Gasteiger partial charge in [0.05, 0.1) is 19.9 Å². The second-order valence-electron chi connectivity index (χ2n) is 9.37. The van der Waals surface area contributed by atoms with Crippen molar-refractivity contribution in [3.8, 4) is 22.8 Å². The molecule has 0 unspecified atom stereocenters. The molecule has 2 N–H and O–H groups in total. The summed E-state index contributed by atoms with van der Waals surface area (Å²) >= 11 is 6.12. The number of nitrogens with one attached hydrogen (secondary N) is 2. The smallest absolute Gasteiger partial charge is 0.162 e. The van der Waals surface area contributed by atoms with Gasteiger partial charge in [0.15, 0.2) is 23.1 Å². The van der Waals surface area contributed by atoms with Crippen molar-refractivity contribution in [2.75, 3.05) is 19.5 Å². The molecule has 0 amide bonds. The van der Waals surface area contributed by atoms with Gasteiger partial charge in [-0.2, -0.15) is 5.10 Å². The fourth-order valence-electron chi connectivity index (χ4n) is 5.00. The van der Waals surface area contributed by atoms with Crippen LogP contribution in [0.4, 0.5) is 5.82 Å². The number of allylic oxidation sites excluding steroid dienone is 2. The third-order valence-electron chi connectivity index (χ3n) is 6.44. The Bertz CT molecular complexity index is 1270. The van der Waals surface area contributed by atoms with Gasteiger partial charge in [-0.3, -0.25) is 9.89 Å². The lowest BCUT2D eigenvalue weighted by Gasteiger charge is -2.38. The number of carbonyl (C=O) groups excluding carboxylic acids is 1. The molecular weight excluding hydrogens is 438 g/mol. The number of H-pyrrole nitrogens is 1. The van der Waals surface area contributed by atoms with Crippen LogP contribution in [0.15, 0.2) is 53.7 Å². The molecule has 3 aromatic rings. The van der Waals surface area contributed by atoms with Crippen molar-refractivity contribution in [3.05, 3.63) is 69.9 Å². The van der Waals surface area contributed by atoms with Crippen LogP contribution in [-0.4, -0.2) is 30.2 Å². The molecule has 2 aliphatic rings. The molecule has 170 valence electrons. The Morgan fingerprint density at radius 2 is 1.76 bits per heavy atom. The maximum Gasteiger partial charge on any atom is 0.162 e. The highest BCUT2D eigenvalue weighted by Gasteiger charge is 2.43. The second-order valence-corrected chi connectivity index (χ2v) is 9.81. The Balaban J connectivity index is 1.74. The molecule has 0 bridgehead atoms. The molecule has 1 aliphatic heterocycles. The standard InChI is InChI=1S/C26H26ClN3O3/c1-26(2)12-17-22(18(31)13-26)21(15-7-10-19(32-3)20(11-15)33-4)23-24(29-30-25(23)28-17)14-5-8-16(27)9-6-14/h5-11,21H,12-13H2,1-4H3,(H2,28,29,30)/t21-/m0/s1. The second kappa shape index (κ2) is 7.96. The van der Waals surface area contributed by atoms with Crippen LogP contribution in [0.2, 0.25) is 5.02 Å². The van der Waals surface area contributed by atoms with Gasteiger partial charge in [0.25, 0.3) is 0 Å². The highest BCUT2D eigenvalue weighted by Crippen LogP contribution is 2.51. The van der Waals surface area contributed by atoms with Crippen LogP contribution in [0.1, 0.15) is 43.7 Å². The van der Waals surface area contributed by atoms with E-state index in [1.807, 2.05) is 42.5 Å². The van der Waals surface area contributed by atoms with E-state index in [4.69, 9.17) is 21.1 Å². The Morgan fingerprint density at radius 3 is 2.45 bits per heavy atom. The number of anilines is 1. The molecular formula is C26H26ClN3O3.